The van der Waals surface area contributed by atoms with Crippen molar-refractivity contribution in [2.45, 2.75) is 31.4 Å². The number of nitrogens with one attached hydrogen (secondary N) is 1. The first-order valence-corrected chi connectivity index (χ1v) is 6.87. The summed E-state index contributed by atoms with van der Waals surface area (Å²) in [6, 6.07) is 4.57. The van der Waals surface area contributed by atoms with Crippen molar-refractivity contribution in [3.8, 4) is 0 Å². The van der Waals surface area contributed by atoms with Crippen LogP contribution in [0.4, 0.5) is 13.2 Å². The molecule has 1 aromatic rings. The number of alkyl halides is 3. The van der Waals surface area contributed by atoms with Gasteiger partial charge in [0.2, 0.25) is 5.91 Å². The second-order valence-corrected chi connectivity index (χ2v) is 5.29. The van der Waals surface area contributed by atoms with Crippen LogP contribution in [-0.4, -0.2) is 25.0 Å². The predicted octanol–water partition coefficient (Wildman–Crippen LogP) is 2.42. The normalized spacial score (nSPS) is 21.5. The van der Waals surface area contributed by atoms with Gasteiger partial charge in [-0.3, -0.25) is 9.59 Å². The first-order chi connectivity index (χ1) is 10.3. The minimum Gasteiger partial charge on any atom is -0.466 e. The van der Waals surface area contributed by atoms with Crippen molar-refractivity contribution in [1.29, 1.82) is 0 Å². The number of benzene rings is 1. The Hall–Kier alpha value is -2.05. The maximum Gasteiger partial charge on any atom is 0.416 e. The molecular weight excluding hydrogens is 299 g/mol. The van der Waals surface area contributed by atoms with E-state index in [2.05, 4.69) is 5.32 Å². The van der Waals surface area contributed by atoms with Crippen molar-refractivity contribution in [2.75, 3.05) is 13.2 Å². The van der Waals surface area contributed by atoms with Crippen molar-refractivity contribution in [3.63, 3.8) is 0 Å². The summed E-state index contributed by atoms with van der Waals surface area (Å²) in [6.45, 7) is 2.08. The molecule has 1 aliphatic heterocycles. The molecule has 1 heterocycles. The number of esters is 1. The summed E-state index contributed by atoms with van der Waals surface area (Å²) in [7, 11) is 0. The molecule has 4 nitrogen and oxygen atoms in total. The van der Waals surface area contributed by atoms with Gasteiger partial charge in [0.25, 0.3) is 0 Å². The zero-order chi connectivity index (χ0) is 16.4. The predicted molar refractivity (Wildman–Crippen MR) is 72.0 cm³/mol. The largest absolute Gasteiger partial charge is 0.466 e. The number of amides is 1. The number of hydrogen-bond donors (Lipinski definition) is 1. The van der Waals surface area contributed by atoms with Gasteiger partial charge in [-0.25, -0.2) is 0 Å². The Balaban J connectivity index is 2.30. The number of rotatable bonds is 4. The van der Waals surface area contributed by atoms with E-state index in [1.165, 1.54) is 12.1 Å². The van der Waals surface area contributed by atoms with E-state index in [0.29, 0.717) is 5.56 Å². The molecular formula is C15H16F3NO3. The lowest BCUT2D eigenvalue weighted by molar-refractivity contribution is -0.144. The van der Waals surface area contributed by atoms with Crippen molar-refractivity contribution in [1.82, 2.24) is 5.32 Å². The molecule has 0 aliphatic carbocycles. The van der Waals surface area contributed by atoms with Crippen LogP contribution in [0.2, 0.25) is 0 Å². The van der Waals surface area contributed by atoms with E-state index in [1.807, 2.05) is 0 Å². The van der Waals surface area contributed by atoms with Crippen LogP contribution in [0.25, 0.3) is 0 Å². The number of hydrogen-bond acceptors (Lipinski definition) is 3. The SMILES string of the molecule is CCOC(=O)CC1(c2ccc(C(F)(F)F)cc2)CNC(=O)C1. The molecule has 1 N–H and O–H groups in total. The van der Waals surface area contributed by atoms with Gasteiger partial charge in [-0.05, 0) is 24.6 Å². The van der Waals surface area contributed by atoms with Crippen LogP contribution in [0.15, 0.2) is 24.3 Å². The van der Waals surface area contributed by atoms with Gasteiger partial charge in [-0.15, -0.1) is 0 Å². The van der Waals surface area contributed by atoms with Gasteiger partial charge in [0, 0.05) is 18.4 Å². The minimum absolute atomic E-state index is 0.0507. The van der Waals surface area contributed by atoms with E-state index in [0.717, 1.165) is 12.1 Å². The molecule has 22 heavy (non-hydrogen) atoms. The lowest BCUT2D eigenvalue weighted by Crippen LogP contribution is -2.32. The topological polar surface area (TPSA) is 55.4 Å². The molecule has 1 amide bonds. The van der Waals surface area contributed by atoms with E-state index in [1.54, 1.807) is 6.92 Å². The van der Waals surface area contributed by atoms with Crippen LogP contribution >= 0.6 is 0 Å². The van der Waals surface area contributed by atoms with Gasteiger partial charge >= 0.3 is 12.1 Å². The average Bonchev–Trinajstić information content (AvgIpc) is 2.80. The van der Waals surface area contributed by atoms with Gasteiger partial charge in [-0.2, -0.15) is 13.2 Å². The Morgan fingerprint density at radius 2 is 1.95 bits per heavy atom. The highest BCUT2D eigenvalue weighted by atomic mass is 19.4. The summed E-state index contributed by atoms with van der Waals surface area (Å²) < 4.78 is 42.8. The fraction of sp³-hybridized carbons (Fsp3) is 0.467. The Kier molecular flexibility index (Phi) is 4.44. The highest BCUT2D eigenvalue weighted by molar-refractivity contribution is 5.83. The Labute approximate surface area is 125 Å². The molecule has 1 unspecified atom stereocenters. The zero-order valence-electron chi connectivity index (χ0n) is 12.0. The molecule has 1 atom stereocenters. The Bertz CT molecular complexity index is 568. The second-order valence-electron chi connectivity index (χ2n) is 5.29. The first-order valence-electron chi connectivity index (χ1n) is 6.87. The number of ether oxygens (including phenoxy) is 1. The highest BCUT2D eigenvalue weighted by Gasteiger charge is 2.42. The van der Waals surface area contributed by atoms with E-state index >= 15 is 0 Å². The highest BCUT2D eigenvalue weighted by Crippen LogP contribution is 2.37. The molecule has 0 spiro atoms. The minimum atomic E-state index is -4.42. The summed E-state index contributed by atoms with van der Waals surface area (Å²) >= 11 is 0. The molecule has 120 valence electrons. The lowest BCUT2D eigenvalue weighted by atomic mass is 9.76. The van der Waals surface area contributed by atoms with Crippen molar-refractivity contribution >= 4 is 11.9 Å². The summed E-state index contributed by atoms with van der Waals surface area (Å²) in [5.41, 5.74) is -1.10. The Morgan fingerprint density at radius 1 is 1.32 bits per heavy atom. The molecule has 1 fully saturated rings. The van der Waals surface area contributed by atoms with Crippen molar-refractivity contribution < 1.29 is 27.5 Å². The fourth-order valence-electron chi connectivity index (χ4n) is 2.63. The van der Waals surface area contributed by atoms with Gasteiger partial charge in [-0.1, -0.05) is 12.1 Å². The van der Waals surface area contributed by atoms with Gasteiger partial charge in [0.15, 0.2) is 0 Å². The first kappa shape index (κ1) is 16.3. The van der Waals surface area contributed by atoms with Crippen molar-refractivity contribution in [3.05, 3.63) is 35.4 Å². The molecule has 1 aliphatic rings. The molecule has 1 saturated heterocycles. The third-order valence-corrected chi connectivity index (χ3v) is 3.74. The Morgan fingerprint density at radius 3 is 2.41 bits per heavy atom. The van der Waals surface area contributed by atoms with Crippen LogP contribution < -0.4 is 5.32 Å². The fourth-order valence-corrected chi connectivity index (χ4v) is 2.63. The molecule has 0 saturated carbocycles. The summed E-state index contributed by atoms with van der Waals surface area (Å²) in [5, 5.41) is 2.63. The molecule has 0 bridgehead atoms. The van der Waals surface area contributed by atoms with Crippen LogP contribution in [-0.2, 0) is 25.9 Å². The number of halogens is 3. The monoisotopic (exact) mass is 315 g/mol. The molecule has 7 heteroatoms. The maximum absolute atomic E-state index is 12.6. The smallest absolute Gasteiger partial charge is 0.416 e. The van der Waals surface area contributed by atoms with Gasteiger partial charge in [0.05, 0.1) is 18.6 Å². The second kappa shape index (κ2) is 5.98. The summed E-state index contributed by atoms with van der Waals surface area (Å²) in [5.74, 6) is -0.705. The molecule has 0 aromatic heterocycles. The zero-order valence-corrected chi connectivity index (χ0v) is 12.0. The standard InChI is InChI=1S/C15H16F3NO3/c1-2-22-13(21)8-14(7-12(20)19-9-14)10-3-5-11(6-4-10)15(16,17)18/h3-6H,2,7-9H2,1H3,(H,19,20). The summed E-state index contributed by atoms with van der Waals surface area (Å²) in [6.07, 6.45) is -4.42. The van der Waals surface area contributed by atoms with Crippen LogP contribution in [0.3, 0.4) is 0 Å². The van der Waals surface area contributed by atoms with Crippen LogP contribution in [0.5, 0.6) is 0 Å². The molecule has 0 radical (unpaired) electrons. The maximum atomic E-state index is 12.6. The number of carbonyl (C=O) groups is 2. The quantitative estimate of drug-likeness (QED) is 0.868. The third-order valence-electron chi connectivity index (χ3n) is 3.74. The van der Waals surface area contributed by atoms with Crippen LogP contribution in [0, 0.1) is 0 Å². The van der Waals surface area contributed by atoms with E-state index in [-0.39, 0.29) is 31.9 Å². The van der Waals surface area contributed by atoms with Gasteiger partial charge in [0.1, 0.15) is 0 Å². The van der Waals surface area contributed by atoms with E-state index < -0.39 is 23.1 Å². The molecule has 2 rings (SSSR count). The van der Waals surface area contributed by atoms with E-state index in [4.69, 9.17) is 4.74 Å². The summed E-state index contributed by atoms with van der Waals surface area (Å²) in [4.78, 5) is 23.3. The van der Waals surface area contributed by atoms with E-state index in [9.17, 15) is 22.8 Å². The molecule has 1 aromatic carbocycles. The lowest BCUT2D eigenvalue weighted by Gasteiger charge is -2.27. The van der Waals surface area contributed by atoms with Crippen molar-refractivity contribution in [2.24, 2.45) is 0 Å². The third kappa shape index (κ3) is 3.40. The number of carbonyl (C=O) groups excluding carboxylic acids is 2. The average molecular weight is 315 g/mol. The van der Waals surface area contributed by atoms with Gasteiger partial charge < -0.3 is 10.1 Å². The van der Waals surface area contributed by atoms with Crippen LogP contribution in [0.1, 0.15) is 30.9 Å².